The fourth-order valence-corrected chi connectivity index (χ4v) is 1.21. The molecule has 0 aliphatic heterocycles. The Balaban J connectivity index is 2.31. The van der Waals surface area contributed by atoms with Crippen molar-refractivity contribution in [3.63, 3.8) is 0 Å². The normalized spacial score (nSPS) is 9.94. The van der Waals surface area contributed by atoms with Crippen molar-refractivity contribution in [3.05, 3.63) is 35.9 Å². The van der Waals surface area contributed by atoms with Crippen LogP contribution in [0.25, 0.3) is 0 Å². The quantitative estimate of drug-likeness (QED) is 0.314. The molecule has 92 valence electrons. The van der Waals surface area contributed by atoms with Crippen molar-refractivity contribution in [3.8, 4) is 0 Å². The van der Waals surface area contributed by atoms with E-state index < -0.39 is 11.8 Å². The summed E-state index contributed by atoms with van der Waals surface area (Å²) in [6, 6.07) is 8.34. The maximum atomic E-state index is 11.5. The lowest BCUT2D eigenvalue weighted by Gasteiger charge is -2.04. The standard InChI is InChI=1S/C13H16O4/c1-2-8-16-9-10-17-13(15)12(14)11-6-4-3-5-7-11/h3-7H,2,8-10H2,1H3. The smallest absolute Gasteiger partial charge is 0.379 e. The lowest BCUT2D eigenvalue weighted by atomic mass is 10.1. The van der Waals surface area contributed by atoms with Gasteiger partial charge >= 0.3 is 5.97 Å². The number of hydrogen-bond donors (Lipinski definition) is 0. The highest BCUT2D eigenvalue weighted by molar-refractivity contribution is 6.40. The van der Waals surface area contributed by atoms with E-state index in [0.29, 0.717) is 18.8 Å². The van der Waals surface area contributed by atoms with Gasteiger partial charge in [0.2, 0.25) is 0 Å². The number of ether oxygens (including phenoxy) is 2. The van der Waals surface area contributed by atoms with Crippen LogP contribution in [0.3, 0.4) is 0 Å². The van der Waals surface area contributed by atoms with Gasteiger partial charge in [-0.25, -0.2) is 4.79 Å². The lowest BCUT2D eigenvalue weighted by molar-refractivity contribution is -0.139. The van der Waals surface area contributed by atoms with Gasteiger partial charge in [0.15, 0.2) is 0 Å². The summed E-state index contributed by atoms with van der Waals surface area (Å²) in [4.78, 5) is 22.9. The third kappa shape index (κ3) is 4.78. The highest BCUT2D eigenvalue weighted by Gasteiger charge is 2.16. The van der Waals surface area contributed by atoms with Gasteiger partial charge in [0.1, 0.15) is 6.61 Å². The molecule has 0 spiro atoms. The molecule has 1 rings (SSSR count). The van der Waals surface area contributed by atoms with Crippen LogP contribution in [-0.4, -0.2) is 31.6 Å². The van der Waals surface area contributed by atoms with Crippen molar-refractivity contribution in [1.29, 1.82) is 0 Å². The van der Waals surface area contributed by atoms with Crippen molar-refractivity contribution in [1.82, 2.24) is 0 Å². The number of esters is 1. The maximum Gasteiger partial charge on any atom is 0.379 e. The van der Waals surface area contributed by atoms with Crippen LogP contribution >= 0.6 is 0 Å². The first kappa shape index (κ1) is 13.4. The predicted molar refractivity (Wildman–Crippen MR) is 62.8 cm³/mol. The Morgan fingerprint density at radius 1 is 1.06 bits per heavy atom. The zero-order valence-electron chi connectivity index (χ0n) is 9.85. The summed E-state index contributed by atoms with van der Waals surface area (Å²) in [6.45, 7) is 3.05. The Morgan fingerprint density at radius 3 is 2.41 bits per heavy atom. The lowest BCUT2D eigenvalue weighted by Crippen LogP contribution is -2.19. The van der Waals surface area contributed by atoms with Gasteiger partial charge in [-0.05, 0) is 6.42 Å². The molecule has 0 fully saturated rings. The van der Waals surface area contributed by atoms with E-state index in [9.17, 15) is 9.59 Å². The molecule has 0 saturated heterocycles. The fraction of sp³-hybridized carbons (Fsp3) is 0.385. The monoisotopic (exact) mass is 236 g/mol. The zero-order chi connectivity index (χ0) is 12.5. The molecule has 0 amide bonds. The minimum Gasteiger partial charge on any atom is -0.457 e. The molecule has 1 aromatic rings. The van der Waals surface area contributed by atoms with Crippen molar-refractivity contribution < 1.29 is 19.1 Å². The molecule has 4 nitrogen and oxygen atoms in total. The van der Waals surface area contributed by atoms with E-state index in [-0.39, 0.29) is 6.61 Å². The summed E-state index contributed by atoms with van der Waals surface area (Å²) >= 11 is 0. The van der Waals surface area contributed by atoms with Crippen LogP contribution in [0, 0.1) is 0 Å². The SMILES string of the molecule is CCCOCCOC(=O)C(=O)c1ccccc1. The number of benzene rings is 1. The predicted octanol–water partition coefficient (Wildman–Crippen LogP) is 1.84. The molecule has 0 aliphatic rings. The van der Waals surface area contributed by atoms with Crippen LogP contribution in [0.4, 0.5) is 0 Å². The summed E-state index contributed by atoms with van der Waals surface area (Å²) in [7, 11) is 0. The van der Waals surface area contributed by atoms with Gasteiger partial charge in [-0.3, -0.25) is 4.79 Å². The first-order chi connectivity index (χ1) is 8.25. The fourth-order valence-electron chi connectivity index (χ4n) is 1.21. The Hall–Kier alpha value is -1.68. The molecule has 17 heavy (non-hydrogen) atoms. The Bertz CT molecular complexity index is 359. The van der Waals surface area contributed by atoms with Crippen LogP contribution in [0.15, 0.2) is 30.3 Å². The van der Waals surface area contributed by atoms with Crippen molar-refractivity contribution >= 4 is 11.8 Å². The number of carbonyl (C=O) groups is 2. The first-order valence-electron chi connectivity index (χ1n) is 5.60. The highest BCUT2D eigenvalue weighted by atomic mass is 16.6. The number of ketones is 1. The topological polar surface area (TPSA) is 52.6 Å². The average molecular weight is 236 g/mol. The summed E-state index contributed by atoms with van der Waals surface area (Å²) in [6.07, 6.45) is 0.914. The maximum absolute atomic E-state index is 11.5. The van der Waals surface area contributed by atoms with E-state index in [4.69, 9.17) is 9.47 Å². The van der Waals surface area contributed by atoms with Gasteiger partial charge in [-0.2, -0.15) is 0 Å². The molecule has 0 N–H and O–H groups in total. The molecular weight excluding hydrogens is 220 g/mol. The molecule has 0 heterocycles. The minimum atomic E-state index is -0.837. The van der Waals surface area contributed by atoms with Crippen molar-refractivity contribution in [2.24, 2.45) is 0 Å². The van der Waals surface area contributed by atoms with Gasteiger partial charge in [-0.15, -0.1) is 0 Å². The van der Waals surface area contributed by atoms with Crippen LogP contribution in [-0.2, 0) is 14.3 Å². The number of carbonyl (C=O) groups excluding carboxylic acids is 2. The molecule has 0 aliphatic carbocycles. The zero-order valence-corrected chi connectivity index (χ0v) is 9.85. The van der Waals surface area contributed by atoms with Crippen LogP contribution in [0.1, 0.15) is 23.7 Å². The van der Waals surface area contributed by atoms with Gasteiger partial charge < -0.3 is 9.47 Å². The third-order valence-corrected chi connectivity index (χ3v) is 2.03. The molecule has 0 saturated carbocycles. The number of rotatable bonds is 7. The minimum absolute atomic E-state index is 0.109. The average Bonchev–Trinajstić information content (AvgIpc) is 2.38. The molecule has 1 aromatic carbocycles. The van der Waals surface area contributed by atoms with Crippen LogP contribution < -0.4 is 0 Å². The Morgan fingerprint density at radius 2 is 1.76 bits per heavy atom. The molecule has 0 bridgehead atoms. The third-order valence-electron chi connectivity index (χ3n) is 2.03. The summed E-state index contributed by atoms with van der Waals surface area (Å²) in [5, 5.41) is 0. The van der Waals surface area contributed by atoms with E-state index >= 15 is 0 Å². The van der Waals surface area contributed by atoms with Crippen LogP contribution in [0.5, 0.6) is 0 Å². The second-order valence-electron chi connectivity index (χ2n) is 3.44. The van der Waals surface area contributed by atoms with E-state index in [1.54, 1.807) is 30.3 Å². The van der Waals surface area contributed by atoms with Gasteiger partial charge in [0, 0.05) is 12.2 Å². The highest BCUT2D eigenvalue weighted by Crippen LogP contribution is 2.01. The van der Waals surface area contributed by atoms with Gasteiger partial charge in [0.05, 0.1) is 6.61 Å². The van der Waals surface area contributed by atoms with E-state index in [0.717, 1.165) is 6.42 Å². The largest absolute Gasteiger partial charge is 0.457 e. The van der Waals surface area contributed by atoms with Crippen molar-refractivity contribution in [2.75, 3.05) is 19.8 Å². The first-order valence-corrected chi connectivity index (χ1v) is 5.60. The van der Waals surface area contributed by atoms with Gasteiger partial charge in [0.25, 0.3) is 5.78 Å². The molecular formula is C13H16O4. The second-order valence-corrected chi connectivity index (χ2v) is 3.44. The Kier molecular flexibility index (Phi) is 5.96. The molecule has 0 aromatic heterocycles. The molecule has 0 unspecified atom stereocenters. The van der Waals surface area contributed by atoms with E-state index in [1.165, 1.54) is 0 Å². The van der Waals surface area contributed by atoms with E-state index in [1.807, 2.05) is 6.92 Å². The molecule has 0 radical (unpaired) electrons. The number of Topliss-reactive ketones (excluding diaryl/α,β-unsaturated/α-hetero) is 1. The summed E-state index contributed by atoms with van der Waals surface area (Å²) < 4.78 is 9.92. The van der Waals surface area contributed by atoms with Crippen molar-refractivity contribution in [2.45, 2.75) is 13.3 Å². The molecule has 0 atom stereocenters. The summed E-state index contributed by atoms with van der Waals surface area (Å²) in [5.41, 5.74) is 0.340. The second kappa shape index (κ2) is 7.57. The number of hydrogen-bond acceptors (Lipinski definition) is 4. The van der Waals surface area contributed by atoms with E-state index in [2.05, 4.69) is 0 Å². The summed E-state index contributed by atoms with van der Waals surface area (Å²) in [5.74, 6) is -1.46. The Labute approximate surface area is 101 Å². The van der Waals surface area contributed by atoms with Gasteiger partial charge in [-0.1, -0.05) is 37.3 Å². The molecule has 4 heteroatoms. The van der Waals surface area contributed by atoms with Crippen LogP contribution in [0.2, 0.25) is 0 Å².